The quantitative estimate of drug-likeness (QED) is 0.492. The van der Waals surface area contributed by atoms with E-state index in [4.69, 9.17) is 5.11 Å². The molecule has 0 amide bonds. The summed E-state index contributed by atoms with van der Waals surface area (Å²) in [5.41, 5.74) is -0.884. The van der Waals surface area contributed by atoms with E-state index in [2.05, 4.69) is 27.7 Å². The number of aliphatic hydroxyl groups excluding tert-OH is 1. The van der Waals surface area contributed by atoms with Crippen molar-refractivity contribution in [1.29, 1.82) is 0 Å². The van der Waals surface area contributed by atoms with Crippen LogP contribution in [0.1, 0.15) is 92.4 Å². The van der Waals surface area contributed by atoms with Crippen LogP contribution in [0.4, 0.5) is 0 Å². The van der Waals surface area contributed by atoms with Crippen LogP contribution in [0.3, 0.4) is 0 Å². The standard InChI is InChI=1S/C19H40O2/c1-16(2)9-6-10-17(3)11-7-12-18(4)13-8-14-19(5,21)15-20/h16-18,20-21H,6-15H2,1-5H3/t17?,18?,19-/m1/s1. The van der Waals surface area contributed by atoms with Gasteiger partial charge in [0.2, 0.25) is 0 Å². The second-order valence-corrected chi connectivity index (χ2v) is 8.01. The Hall–Kier alpha value is -0.0800. The molecule has 0 bridgehead atoms. The first-order valence-corrected chi connectivity index (χ1v) is 9.10. The lowest BCUT2D eigenvalue weighted by molar-refractivity contribution is -0.00757. The Morgan fingerprint density at radius 3 is 1.62 bits per heavy atom. The van der Waals surface area contributed by atoms with E-state index in [1.807, 2.05) is 0 Å². The molecule has 2 unspecified atom stereocenters. The lowest BCUT2D eigenvalue weighted by Gasteiger charge is -2.21. The summed E-state index contributed by atoms with van der Waals surface area (Å²) in [5, 5.41) is 18.8. The van der Waals surface area contributed by atoms with Gasteiger partial charge in [-0.1, -0.05) is 79.1 Å². The van der Waals surface area contributed by atoms with Crippen LogP contribution in [0.25, 0.3) is 0 Å². The molecule has 3 atom stereocenters. The third-order valence-corrected chi connectivity index (χ3v) is 4.63. The molecule has 0 rings (SSSR count). The van der Waals surface area contributed by atoms with E-state index in [0.29, 0.717) is 6.42 Å². The molecule has 128 valence electrons. The highest BCUT2D eigenvalue weighted by molar-refractivity contribution is 4.71. The zero-order valence-electron chi connectivity index (χ0n) is 15.2. The third kappa shape index (κ3) is 13.3. The summed E-state index contributed by atoms with van der Waals surface area (Å²) in [7, 11) is 0. The van der Waals surface area contributed by atoms with Crippen LogP contribution < -0.4 is 0 Å². The predicted octanol–water partition coefficient (Wildman–Crippen LogP) is 5.17. The van der Waals surface area contributed by atoms with Crippen LogP contribution >= 0.6 is 0 Å². The maximum Gasteiger partial charge on any atom is 0.0849 e. The van der Waals surface area contributed by atoms with Gasteiger partial charge in [-0.25, -0.2) is 0 Å². The molecule has 2 nitrogen and oxygen atoms in total. The van der Waals surface area contributed by atoms with Crippen molar-refractivity contribution >= 4 is 0 Å². The fourth-order valence-corrected chi connectivity index (χ4v) is 2.89. The monoisotopic (exact) mass is 300 g/mol. The van der Waals surface area contributed by atoms with E-state index < -0.39 is 5.60 Å². The fraction of sp³-hybridized carbons (Fsp3) is 1.00. The number of hydrogen-bond acceptors (Lipinski definition) is 2. The van der Waals surface area contributed by atoms with Gasteiger partial charge in [0.25, 0.3) is 0 Å². The molecule has 0 aromatic carbocycles. The van der Waals surface area contributed by atoms with E-state index in [1.54, 1.807) is 6.92 Å². The summed E-state index contributed by atoms with van der Waals surface area (Å²) >= 11 is 0. The minimum Gasteiger partial charge on any atom is -0.393 e. The van der Waals surface area contributed by atoms with Crippen LogP contribution in [0, 0.1) is 17.8 Å². The zero-order chi connectivity index (χ0) is 16.3. The maximum atomic E-state index is 9.76. The van der Waals surface area contributed by atoms with Crippen molar-refractivity contribution in [2.75, 3.05) is 6.61 Å². The van der Waals surface area contributed by atoms with E-state index in [0.717, 1.165) is 30.6 Å². The zero-order valence-corrected chi connectivity index (χ0v) is 15.2. The van der Waals surface area contributed by atoms with Crippen LogP contribution in [0.2, 0.25) is 0 Å². The molecular formula is C19H40O2. The normalized spacial score (nSPS) is 17.7. The van der Waals surface area contributed by atoms with Crippen LogP contribution in [0.15, 0.2) is 0 Å². The molecule has 21 heavy (non-hydrogen) atoms. The van der Waals surface area contributed by atoms with Crippen molar-refractivity contribution in [3.63, 3.8) is 0 Å². The topological polar surface area (TPSA) is 40.5 Å². The first-order valence-electron chi connectivity index (χ1n) is 9.10. The summed E-state index contributed by atoms with van der Waals surface area (Å²) in [5.74, 6) is 2.45. The molecule has 0 aliphatic carbocycles. The Balaban J connectivity index is 3.54. The van der Waals surface area contributed by atoms with Crippen molar-refractivity contribution in [3.05, 3.63) is 0 Å². The van der Waals surface area contributed by atoms with Crippen LogP contribution in [-0.2, 0) is 0 Å². The molecule has 0 aromatic heterocycles. The Morgan fingerprint density at radius 1 is 0.762 bits per heavy atom. The van der Waals surface area contributed by atoms with Crippen molar-refractivity contribution in [3.8, 4) is 0 Å². The van der Waals surface area contributed by atoms with Crippen molar-refractivity contribution in [2.24, 2.45) is 17.8 Å². The molecule has 2 heteroatoms. The Kier molecular flexibility index (Phi) is 11.4. The van der Waals surface area contributed by atoms with Gasteiger partial charge < -0.3 is 10.2 Å². The Morgan fingerprint density at radius 2 is 1.19 bits per heavy atom. The molecule has 2 N–H and O–H groups in total. The number of hydrogen-bond donors (Lipinski definition) is 2. The molecule has 0 aromatic rings. The molecule has 0 spiro atoms. The van der Waals surface area contributed by atoms with E-state index in [9.17, 15) is 5.11 Å². The predicted molar refractivity (Wildman–Crippen MR) is 92.4 cm³/mol. The second kappa shape index (κ2) is 11.5. The van der Waals surface area contributed by atoms with Gasteiger partial charge in [0.05, 0.1) is 12.2 Å². The molecule has 0 saturated carbocycles. The summed E-state index contributed by atoms with van der Waals surface area (Å²) in [6, 6.07) is 0. The maximum absolute atomic E-state index is 9.76. The Labute approximate surface area is 133 Å². The van der Waals surface area contributed by atoms with Crippen molar-refractivity contribution < 1.29 is 10.2 Å². The van der Waals surface area contributed by atoms with E-state index in [1.165, 1.54) is 38.5 Å². The molecule has 0 fully saturated rings. The number of rotatable bonds is 13. The van der Waals surface area contributed by atoms with E-state index in [-0.39, 0.29) is 6.61 Å². The highest BCUT2D eigenvalue weighted by Gasteiger charge is 2.18. The largest absolute Gasteiger partial charge is 0.393 e. The SMILES string of the molecule is CC(C)CCCC(C)CCCC(C)CCC[C@@](C)(O)CO. The molecular weight excluding hydrogens is 260 g/mol. The average molecular weight is 301 g/mol. The minimum absolute atomic E-state index is 0.130. The van der Waals surface area contributed by atoms with Gasteiger partial charge in [-0.15, -0.1) is 0 Å². The molecule has 0 saturated heterocycles. The number of aliphatic hydroxyl groups is 2. The first-order chi connectivity index (χ1) is 9.76. The average Bonchev–Trinajstić information content (AvgIpc) is 2.38. The summed E-state index contributed by atoms with van der Waals surface area (Å²) in [6.07, 6.45) is 11.0. The Bertz CT molecular complexity index is 236. The van der Waals surface area contributed by atoms with Gasteiger partial charge in [0.1, 0.15) is 0 Å². The first kappa shape index (κ1) is 20.9. The smallest absolute Gasteiger partial charge is 0.0849 e. The van der Waals surface area contributed by atoms with Gasteiger partial charge in [-0.2, -0.15) is 0 Å². The molecule has 0 radical (unpaired) electrons. The van der Waals surface area contributed by atoms with Crippen LogP contribution in [-0.4, -0.2) is 22.4 Å². The lowest BCUT2D eigenvalue weighted by atomic mass is 9.90. The highest BCUT2D eigenvalue weighted by atomic mass is 16.3. The second-order valence-electron chi connectivity index (χ2n) is 8.01. The molecule has 0 aliphatic rings. The summed E-state index contributed by atoms with van der Waals surface area (Å²) < 4.78 is 0. The van der Waals surface area contributed by atoms with Crippen LogP contribution in [0.5, 0.6) is 0 Å². The van der Waals surface area contributed by atoms with Gasteiger partial charge in [-0.3, -0.25) is 0 Å². The third-order valence-electron chi connectivity index (χ3n) is 4.63. The van der Waals surface area contributed by atoms with E-state index >= 15 is 0 Å². The minimum atomic E-state index is -0.884. The molecule has 0 heterocycles. The molecule has 0 aliphatic heterocycles. The van der Waals surface area contributed by atoms with Crippen molar-refractivity contribution in [1.82, 2.24) is 0 Å². The van der Waals surface area contributed by atoms with Gasteiger partial charge in [-0.05, 0) is 31.1 Å². The summed E-state index contributed by atoms with van der Waals surface area (Å²) in [4.78, 5) is 0. The van der Waals surface area contributed by atoms with Gasteiger partial charge >= 0.3 is 0 Å². The van der Waals surface area contributed by atoms with Crippen molar-refractivity contribution in [2.45, 2.75) is 98.0 Å². The summed E-state index contributed by atoms with van der Waals surface area (Å²) in [6.45, 7) is 10.9. The van der Waals surface area contributed by atoms with Gasteiger partial charge in [0, 0.05) is 0 Å². The lowest BCUT2D eigenvalue weighted by Crippen LogP contribution is -2.28. The fourth-order valence-electron chi connectivity index (χ4n) is 2.89. The van der Waals surface area contributed by atoms with Gasteiger partial charge in [0.15, 0.2) is 0 Å². The highest BCUT2D eigenvalue weighted by Crippen LogP contribution is 2.22.